The van der Waals surface area contributed by atoms with Gasteiger partial charge in [-0.3, -0.25) is 4.98 Å². The molecule has 1 N–H and O–H groups in total. The van der Waals surface area contributed by atoms with E-state index in [9.17, 15) is 5.11 Å². The highest BCUT2D eigenvalue weighted by molar-refractivity contribution is 6.30. The van der Waals surface area contributed by atoms with Crippen LogP contribution in [0.5, 0.6) is 11.5 Å². The highest BCUT2D eigenvalue weighted by atomic mass is 35.5. The Labute approximate surface area is 116 Å². The van der Waals surface area contributed by atoms with Crippen LogP contribution in [0, 0.1) is 0 Å². The molecule has 0 bridgehead atoms. The predicted molar refractivity (Wildman–Crippen MR) is 72.9 cm³/mol. The first-order valence-corrected chi connectivity index (χ1v) is 6.05. The molecule has 0 saturated heterocycles. The predicted octanol–water partition coefficient (Wildman–Crippen LogP) is 2.83. The number of rotatable bonds is 4. The molecule has 1 aromatic carbocycles. The quantitative estimate of drug-likeness (QED) is 0.935. The van der Waals surface area contributed by atoms with Gasteiger partial charge in [-0.15, -0.1) is 0 Å². The monoisotopic (exact) mass is 279 g/mol. The Balaban J connectivity index is 2.41. The van der Waals surface area contributed by atoms with E-state index >= 15 is 0 Å². The van der Waals surface area contributed by atoms with Crippen molar-refractivity contribution in [2.45, 2.75) is 6.10 Å². The van der Waals surface area contributed by atoms with Gasteiger partial charge in [0.2, 0.25) is 0 Å². The van der Waals surface area contributed by atoms with Gasteiger partial charge >= 0.3 is 0 Å². The molecule has 1 unspecified atom stereocenters. The van der Waals surface area contributed by atoms with Crippen LogP contribution in [0.15, 0.2) is 36.5 Å². The second-order valence-electron chi connectivity index (χ2n) is 3.91. The van der Waals surface area contributed by atoms with Crippen LogP contribution in [0.3, 0.4) is 0 Å². The van der Waals surface area contributed by atoms with Gasteiger partial charge in [0.05, 0.1) is 24.9 Å². The summed E-state index contributed by atoms with van der Waals surface area (Å²) in [5, 5.41) is 10.9. The van der Waals surface area contributed by atoms with Gasteiger partial charge in [0, 0.05) is 11.8 Å². The van der Waals surface area contributed by atoms with Crippen LogP contribution in [0.25, 0.3) is 0 Å². The number of pyridine rings is 1. The Morgan fingerprint density at radius 2 is 1.95 bits per heavy atom. The molecule has 5 heteroatoms. The second kappa shape index (κ2) is 5.91. The van der Waals surface area contributed by atoms with Gasteiger partial charge in [0.25, 0.3) is 0 Å². The van der Waals surface area contributed by atoms with Gasteiger partial charge < -0.3 is 14.6 Å². The fourth-order valence-corrected chi connectivity index (χ4v) is 1.87. The summed E-state index contributed by atoms with van der Waals surface area (Å²) >= 11 is 5.78. The summed E-state index contributed by atoms with van der Waals surface area (Å²) in [6.07, 6.45) is 0.592. The van der Waals surface area contributed by atoms with Crippen molar-refractivity contribution in [3.8, 4) is 11.5 Å². The number of methoxy groups -OCH3 is 2. The summed E-state index contributed by atoms with van der Waals surface area (Å²) < 4.78 is 10.4. The molecule has 0 amide bonds. The van der Waals surface area contributed by atoms with Crippen molar-refractivity contribution in [1.29, 1.82) is 0 Å². The van der Waals surface area contributed by atoms with E-state index in [0.29, 0.717) is 27.8 Å². The summed E-state index contributed by atoms with van der Waals surface area (Å²) in [4.78, 5) is 4.11. The summed E-state index contributed by atoms with van der Waals surface area (Å²) in [6.45, 7) is 0. The minimum Gasteiger partial charge on any atom is -0.497 e. The fraction of sp³-hybridized carbons (Fsp3) is 0.214. The zero-order valence-corrected chi connectivity index (χ0v) is 11.4. The summed E-state index contributed by atoms with van der Waals surface area (Å²) in [5.74, 6) is 1.22. The summed E-state index contributed by atoms with van der Waals surface area (Å²) in [6, 6.07) is 8.59. The highest BCUT2D eigenvalue weighted by Gasteiger charge is 2.17. The lowest BCUT2D eigenvalue weighted by Gasteiger charge is -2.15. The number of aromatic nitrogens is 1. The topological polar surface area (TPSA) is 51.6 Å². The molecule has 0 saturated carbocycles. The Morgan fingerprint density at radius 1 is 1.16 bits per heavy atom. The van der Waals surface area contributed by atoms with E-state index in [1.54, 1.807) is 44.6 Å². The van der Waals surface area contributed by atoms with Crippen LogP contribution in [-0.4, -0.2) is 24.3 Å². The SMILES string of the molecule is COc1ccc(OC)c(C(O)c2ccc(Cl)cn2)c1. The van der Waals surface area contributed by atoms with Crippen molar-refractivity contribution in [1.82, 2.24) is 4.98 Å². The maximum Gasteiger partial charge on any atom is 0.125 e. The number of ether oxygens (including phenoxy) is 2. The molecular formula is C14H14ClNO3. The summed E-state index contributed by atoms with van der Waals surface area (Å²) in [5.41, 5.74) is 1.09. The third kappa shape index (κ3) is 2.97. The standard InChI is InChI=1S/C14H14ClNO3/c1-18-10-4-6-13(19-2)11(7-10)14(17)12-5-3-9(15)8-16-12/h3-8,14,17H,1-2H3. The molecule has 0 aliphatic carbocycles. The number of benzene rings is 1. The van der Waals surface area contributed by atoms with Gasteiger partial charge in [0.1, 0.15) is 17.6 Å². The molecule has 0 fully saturated rings. The number of hydrogen-bond donors (Lipinski definition) is 1. The van der Waals surface area contributed by atoms with E-state index in [-0.39, 0.29) is 0 Å². The van der Waals surface area contributed by atoms with Crippen molar-refractivity contribution < 1.29 is 14.6 Å². The zero-order chi connectivity index (χ0) is 13.8. The lowest BCUT2D eigenvalue weighted by atomic mass is 10.0. The Bertz CT molecular complexity index is 557. The molecule has 100 valence electrons. The van der Waals surface area contributed by atoms with Gasteiger partial charge in [-0.05, 0) is 30.3 Å². The van der Waals surface area contributed by atoms with E-state index < -0.39 is 6.10 Å². The van der Waals surface area contributed by atoms with E-state index in [0.717, 1.165) is 0 Å². The van der Waals surface area contributed by atoms with E-state index in [2.05, 4.69) is 4.98 Å². The molecule has 0 spiro atoms. The van der Waals surface area contributed by atoms with Crippen LogP contribution < -0.4 is 9.47 Å². The Morgan fingerprint density at radius 3 is 2.53 bits per heavy atom. The van der Waals surface area contributed by atoms with Gasteiger partial charge in [-0.25, -0.2) is 0 Å². The molecule has 2 aromatic rings. The molecule has 19 heavy (non-hydrogen) atoms. The van der Waals surface area contributed by atoms with Crippen molar-refractivity contribution in [2.24, 2.45) is 0 Å². The molecule has 0 aliphatic rings. The minimum atomic E-state index is -0.901. The van der Waals surface area contributed by atoms with Crippen LogP contribution in [0.1, 0.15) is 17.4 Å². The number of halogens is 1. The van der Waals surface area contributed by atoms with E-state index in [4.69, 9.17) is 21.1 Å². The first-order chi connectivity index (χ1) is 9.15. The molecule has 0 aliphatic heterocycles. The normalized spacial score (nSPS) is 12.0. The first kappa shape index (κ1) is 13.6. The fourth-order valence-electron chi connectivity index (χ4n) is 1.76. The number of hydrogen-bond acceptors (Lipinski definition) is 4. The molecular weight excluding hydrogens is 266 g/mol. The number of aliphatic hydroxyl groups excluding tert-OH is 1. The Hall–Kier alpha value is -1.78. The van der Waals surface area contributed by atoms with E-state index in [1.807, 2.05) is 0 Å². The van der Waals surface area contributed by atoms with Crippen molar-refractivity contribution in [3.63, 3.8) is 0 Å². The molecule has 1 aromatic heterocycles. The largest absolute Gasteiger partial charge is 0.497 e. The average molecular weight is 280 g/mol. The lowest BCUT2D eigenvalue weighted by molar-refractivity contribution is 0.209. The molecule has 1 heterocycles. The van der Waals surface area contributed by atoms with Gasteiger partial charge in [-0.1, -0.05) is 11.6 Å². The van der Waals surface area contributed by atoms with Gasteiger partial charge in [-0.2, -0.15) is 0 Å². The number of aliphatic hydroxyl groups is 1. The third-order valence-electron chi connectivity index (χ3n) is 2.76. The third-order valence-corrected chi connectivity index (χ3v) is 2.99. The summed E-state index contributed by atoms with van der Waals surface area (Å²) in [7, 11) is 3.12. The van der Waals surface area contributed by atoms with Gasteiger partial charge in [0.15, 0.2) is 0 Å². The van der Waals surface area contributed by atoms with Crippen LogP contribution in [0.4, 0.5) is 0 Å². The molecule has 4 nitrogen and oxygen atoms in total. The molecule has 2 rings (SSSR count). The smallest absolute Gasteiger partial charge is 0.125 e. The second-order valence-corrected chi connectivity index (χ2v) is 4.35. The minimum absolute atomic E-state index is 0.496. The van der Waals surface area contributed by atoms with Crippen molar-refractivity contribution >= 4 is 11.6 Å². The first-order valence-electron chi connectivity index (χ1n) is 5.67. The van der Waals surface area contributed by atoms with Crippen LogP contribution in [-0.2, 0) is 0 Å². The zero-order valence-electron chi connectivity index (χ0n) is 10.6. The maximum absolute atomic E-state index is 10.4. The van der Waals surface area contributed by atoms with Crippen molar-refractivity contribution in [2.75, 3.05) is 14.2 Å². The molecule has 0 radical (unpaired) electrons. The Kier molecular flexibility index (Phi) is 4.24. The average Bonchev–Trinajstić information content (AvgIpc) is 2.46. The van der Waals surface area contributed by atoms with Crippen LogP contribution in [0.2, 0.25) is 5.02 Å². The highest BCUT2D eigenvalue weighted by Crippen LogP contribution is 2.32. The van der Waals surface area contributed by atoms with E-state index in [1.165, 1.54) is 6.20 Å². The van der Waals surface area contributed by atoms with Crippen molar-refractivity contribution in [3.05, 3.63) is 52.8 Å². The van der Waals surface area contributed by atoms with Crippen LogP contribution >= 0.6 is 11.6 Å². The number of nitrogens with zero attached hydrogens (tertiary/aromatic N) is 1. The molecule has 1 atom stereocenters. The lowest BCUT2D eigenvalue weighted by Crippen LogP contribution is -2.04. The maximum atomic E-state index is 10.4.